The number of hydrogen-bond donors (Lipinski definition) is 1. The van der Waals surface area contributed by atoms with E-state index in [2.05, 4.69) is 4.98 Å². The van der Waals surface area contributed by atoms with Crippen molar-refractivity contribution in [2.75, 3.05) is 0 Å². The number of nitrogens with one attached hydrogen (secondary N) is 1. The maximum Gasteiger partial charge on any atom is 0.567 e. The first-order chi connectivity index (χ1) is 8.69. The third kappa shape index (κ3) is 2.69. The molecule has 0 aliphatic rings. The second-order valence-corrected chi connectivity index (χ2v) is 3.57. The van der Waals surface area contributed by atoms with Gasteiger partial charge in [-0.2, -0.15) is 13.2 Å². The van der Waals surface area contributed by atoms with Crippen molar-refractivity contribution in [1.29, 1.82) is 0 Å². The van der Waals surface area contributed by atoms with Crippen LogP contribution in [0.5, 0.6) is 0 Å². The molecule has 3 nitrogen and oxygen atoms in total. The third-order valence-corrected chi connectivity index (χ3v) is 2.23. The van der Waals surface area contributed by atoms with Gasteiger partial charge in [-0.15, -0.1) is 17.7 Å². The Morgan fingerprint density at radius 1 is 1.05 bits per heavy atom. The van der Waals surface area contributed by atoms with E-state index in [0.29, 0.717) is 6.20 Å². The first-order valence-corrected chi connectivity index (χ1v) is 4.90. The second kappa shape index (κ2) is 4.25. The van der Waals surface area contributed by atoms with Crippen LogP contribution in [0.4, 0.5) is 26.3 Å². The van der Waals surface area contributed by atoms with Crippen LogP contribution >= 0.6 is 0 Å². The van der Waals surface area contributed by atoms with Gasteiger partial charge < -0.3 is 0 Å². The molecule has 102 valence electrons. The average Bonchev–Trinajstić information content (AvgIpc) is 2.74. The SMILES string of the molecule is FC(F)(F)c1[nH]c(-c2ccccn2)c[n+]1C(F)(F)F. The van der Waals surface area contributed by atoms with Crippen LogP contribution in [0, 0.1) is 0 Å². The van der Waals surface area contributed by atoms with Gasteiger partial charge in [-0.3, -0.25) is 4.98 Å². The molecule has 0 saturated heterocycles. The first kappa shape index (κ1) is 13.4. The summed E-state index contributed by atoms with van der Waals surface area (Å²) in [6.45, 7) is 0. The molecule has 2 aromatic rings. The first-order valence-electron chi connectivity index (χ1n) is 4.90. The lowest BCUT2D eigenvalue weighted by atomic mass is 10.3. The highest BCUT2D eigenvalue weighted by atomic mass is 19.4. The van der Waals surface area contributed by atoms with E-state index in [-0.39, 0.29) is 11.4 Å². The van der Waals surface area contributed by atoms with E-state index in [4.69, 9.17) is 0 Å². The molecule has 1 N–H and O–H groups in total. The Balaban J connectivity index is 2.59. The maximum absolute atomic E-state index is 12.5. The highest BCUT2D eigenvalue weighted by molar-refractivity contribution is 5.51. The lowest BCUT2D eigenvalue weighted by Crippen LogP contribution is -2.51. The molecule has 9 heteroatoms. The summed E-state index contributed by atoms with van der Waals surface area (Å²) in [5, 5.41) is 0. The molecule has 0 amide bonds. The Morgan fingerprint density at radius 3 is 2.16 bits per heavy atom. The largest absolute Gasteiger partial charge is 0.567 e. The quantitative estimate of drug-likeness (QED) is 0.633. The van der Waals surface area contributed by atoms with E-state index in [1.54, 1.807) is 4.98 Å². The molecule has 2 heterocycles. The summed E-state index contributed by atoms with van der Waals surface area (Å²) in [4.78, 5) is 5.39. The van der Waals surface area contributed by atoms with E-state index in [1.165, 1.54) is 24.4 Å². The molecule has 0 bridgehead atoms. The number of pyridine rings is 1. The molecular formula is C10H6F6N3+. The Morgan fingerprint density at radius 2 is 1.74 bits per heavy atom. The fourth-order valence-electron chi connectivity index (χ4n) is 1.47. The second-order valence-electron chi connectivity index (χ2n) is 3.57. The molecule has 0 aliphatic carbocycles. The summed E-state index contributed by atoms with van der Waals surface area (Å²) in [6, 6.07) is 4.25. The number of rotatable bonds is 1. The topological polar surface area (TPSA) is 32.6 Å². The maximum atomic E-state index is 12.5. The summed E-state index contributed by atoms with van der Waals surface area (Å²) in [6.07, 6.45) is -8.73. The summed E-state index contributed by atoms with van der Waals surface area (Å²) < 4.78 is 74.4. The van der Waals surface area contributed by atoms with Gasteiger partial charge in [0, 0.05) is 6.20 Å². The van der Waals surface area contributed by atoms with Gasteiger partial charge in [-0.1, -0.05) is 6.07 Å². The minimum atomic E-state index is -5.17. The van der Waals surface area contributed by atoms with Crippen molar-refractivity contribution in [1.82, 2.24) is 9.97 Å². The summed E-state index contributed by atoms with van der Waals surface area (Å²) in [5.74, 6) is -1.90. The van der Waals surface area contributed by atoms with Crippen LogP contribution in [-0.4, -0.2) is 9.97 Å². The van der Waals surface area contributed by atoms with E-state index in [1.807, 2.05) is 0 Å². The van der Waals surface area contributed by atoms with Crippen molar-refractivity contribution < 1.29 is 30.9 Å². The predicted octanol–water partition coefficient (Wildman–Crippen LogP) is 2.86. The van der Waals surface area contributed by atoms with Crippen molar-refractivity contribution in [3.63, 3.8) is 0 Å². The van der Waals surface area contributed by atoms with Gasteiger partial charge in [0.25, 0.3) is 0 Å². The number of aromatic amines is 1. The highest BCUT2D eigenvalue weighted by Crippen LogP contribution is 2.30. The van der Waals surface area contributed by atoms with Gasteiger partial charge in [-0.05, 0) is 12.1 Å². The van der Waals surface area contributed by atoms with Crippen molar-refractivity contribution in [2.45, 2.75) is 12.5 Å². The number of aromatic nitrogens is 3. The fraction of sp³-hybridized carbons (Fsp3) is 0.200. The predicted molar refractivity (Wildman–Crippen MR) is 50.5 cm³/mol. The molecule has 0 aliphatic heterocycles. The highest BCUT2D eigenvalue weighted by Gasteiger charge is 2.52. The zero-order valence-electron chi connectivity index (χ0n) is 9.05. The molecule has 0 saturated carbocycles. The van der Waals surface area contributed by atoms with E-state index in [0.717, 1.165) is 0 Å². The zero-order chi connectivity index (χ0) is 14.3. The summed E-state index contributed by atoms with van der Waals surface area (Å²) >= 11 is 0. The third-order valence-electron chi connectivity index (χ3n) is 2.23. The van der Waals surface area contributed by atoms with Crippen LogP contribution in [-0.2, 0) is 12.5 Å². The number of hydrogen-bond acceptors (Lipinski definition) is 1. The van der Waals surface area contributed by atoms with Crippen molar-refractivity contribution in [3.8, 4) is 11.4 Å². The number of alkyl halides is 6. The van der Waals surface area contributed by atoms with Crippen molar-refractivity contribution in [3.05, 3.63) is 36.4 Å². The minimum Gasteiger partial charge on any atom is -0.252 e. The molecular weight excluding hydrogens is 276 g/mol. The van der Waals surface area contributed by atoms with Crippen molar-refractivity contribution in [2.24, 2.45) is 0 Å². The Labute approximate surface area is 102 Å². The lowest BCUT2D eigenvalue weighted by molar-refractivity contribution is -0.864. The molecule has 0 unspecified atom stereocenters. The molecule has 0 fully saturated rings. The Kier molecular flexibility index (Phi) is 2.99. The summed E-state index contributed by atoms with van der Waals surface area (Å²) in [5.41, 5.74) is -0.388. The van der Waals surface area contributed by atoms with Crippen molar-refractivity contribution >= 4 is 0 Å². The lowest BCUT2D eigenvalue weighted by Gasteiger charge is -2.05. The van der Waals surface area contributed by atoms with Crippen LogP contribution in [0.15, 0.2) is 30.6 Å². The van der Waals surface area contributed by atoms with Crippen LogP contribution < -0.4 is 4.57 Å². The van der Waals surface area contributed by atoms with Gasteiger partial charge in [0.15, 0.2) is 5.69 Å². The van der Waals surface area contributed by atoms with Crippen LogP contribution in [0.25, 0.3) is 11.4 Å². The van der Waals surface area contributed by atoms with Crippen LogP contribution in [0.1, 0.15) is 5.82 Å². The molecule has 2 rings (SSSR count). The van der Waals surface area contributed by atoms with Gasteiger partial charge in [-0.25, -0.2) is 4.98 Å². The smallest absolute Gasteiger partial charge is 0.252 e. The number of imidazole rings is 1. The number of H-pyrrole nitrogens is 1. The standard InChI is InChI=1S/C10H5F6N3/c11-9(12,13)8-18-7(5-19(8)10(14,15)16)6-3-1-2-4-17-6/h1-5H/p+1. The van der Waals surface area contributed by atoms with E-state index >= 15 is 0 Å². The molecule has 19 heavy (non-hydrogen) atoms. The monoisotopic (exact) mass is 282 g/mol. The molecule has 0 aromatic carbocycles. The normalized spacial score (nSPS) is 12.7. The Hall–Kier alpha value is -2.06. The summed E-state index contributed by atoms with van der Waals surface area (Å²) in [7, 11) is 0. The molecule has 0 atom stereocenters. The minimum absolute atomic E-state index is 0.0176. The number of nitrogens with zero attached hydrogens (tertiary/aromatic N) is 2. The van der Waals surface area contributed by atoms with Gasteiger partial charge in [0.1, 0.15) is 11.9 Å². The van der Waals surface area contributed by atoms with Crippen LogP contribution in [0.3, 0.4) is 0 Å². The van der Waals surface area contributed by atoms with Gasteiger partial charge in [0.2, 0.25) is 0 Å². The van der Waals surface area contributed by atoms with E-state index in [9.17, 15) is 26.3 Å². The number of halogens is 6. The fourth-order valence-corrected chi connectivity index (χ4v) is 1.47. The Bertz CT molecular complexity index is 538. The average molecular weight is 282 g/mol. The van der Waals surface area contributed by atoms with E-state index < -0.39 is 22.9 Å². The molecule has 0 spiro atoms. The zero-order valence-corrected chi connectivity index (χ0v) is 9.05. The molecule has 0 radical (unpaired) electrons. The van der Waals surface area contributed by atoms with Crippen LogP contribution in [0.2, 0.25) is 0 Å². The molecule has 2 aromatic heterocycles. The van der Waals surface area contributed by atoms with Gasteiger partial charge in [0.05, 0.1) is 0 Å². The van der Waals surface area contributed by atoms with Gasteiger partial charge >= 0.3 is 18.3 Å².